The molecule has 0 aliphatic heterocycles. The first kappa shape index (κ1) is 15.4. The number of aliphatic hydroxyl groups is 1. The zero-order valence-corrected chi connectivity index (χ0v) is 11.4. The molecular formula is C13H26N2O3. The fraction of sp³-hybridized carbons (Fsp3) is 0.923. The molecule has 0 radical (unpaired) electrons. The highest BCUT2D eigenvalue weighted by Gasteiger charge is 2.19. The summed E-state index contributed by atoms with van der Waals surface area (Å²) in [6, 6.07) is 0.0424. The fourth-order valence-corrected chi connectivity index (χ4v) is 2.46. The minimum absolute atomic E-state index is 0.00379. The number of hydrogen-bond donors (Lipinski definition) is 3. The highest BCUT2D eigenvalue weighted by molar-refractivity contribution is 5.78. The Morgan fingerprint density at radius 2 is 2.28 bits per heavy atom. The fourth-order valence-electron chi connectivity index (χ4n) is 2.46. The molecule has 0 bridgehead atoms. The van der Waals surface area contributed by atoms with Crippen molar-refractivity contribution < 1.29 is 14.6 Å². The highest BCUT2D eigenvalue weighted by atomic mass is 16.5. The molecule has 0 aromatic carbocycles. The molecule has 3 unspecified atom stereocenters. The largest absolute Gasteiger partial charge is 0.393 e. The minimum atomic E-state index is -0.152. The Labute approximate surface area is 109 Å². The summed E-state index contributed by atoms with van der Waals surface area (Å²) in [5.41, 5.74) is 0. The maximum Gasteiger partial charge on any atom is 0.234 e. The lowest BCUT2D eigenvalue weighted by Crippen LogP contribution is -2.42. The van der Waals surface area contributed by atoms with Gasteiger partial charge in [0.05, 0.1) is 19.3 Å². The van der Waals surface area contributed by atoms with Crippen molar-refractivity contribution in [2.75, 3.05) is 26.8 Å². The monoisotopic (exact) mass is 258 g/mol. The first-order chi connectivity index (χ1) is 8.61. The maximum atomic E-state index is 11.6. The second-order valence-corrected chi connectivity index (χ2v) is 5.24. The number of amides is 1. The van der Waals surface area contributed by atoms with Crippen molar-refractivity contribution in [2.45, 2.75) is 44.8 Å². The lowest BCUT2D eigenvalue weighted by Gasteiger charge is -2.26. The van der Waals surface area contributed by atoms with Gasteiger partial charge in [-0.3, -0.25) is 4.79 Å². The van der Waals surface area contributed by atoms with Crippen LogP contribution in [0.3, 0.4) is 0 Å². The lowest BCUT2D eigenvalue weighted by molar-refractivity contribution is -0.121. The summed E-state index contributed by atoms with van der Waals surface area (Å²) in [5, 5.41) is 15.6. The average Bonchev–Trinajstić information content (AvgIpc) is 2.29. The topological polar surface area (TPSA) is 70.6 Å². The van der Waals surface area contributed by atoms with E-state index in [-0.39, 0.29) is 18.1 Å². The summed E-state index contributed by atoms with van der Waals surface area (Å²) in [4.78, 5) is 11.6. The van der Waals surface area contributed by atoms with Gasteiger partial charge >= 0.3 is 0 Å². The van der Waals surface area contributed by atoms with Gasteiger partial charge in [-0.1, -0.05) is 6.42 Å². The molecule has 3 N–H and O–H groups in total. The molecule has 0 spiro atoms. The number of hydrogen-bond acceptors (Lipinski definition) is 4. The van der Waals surface area contributed by atoms with Gasteiger partial charge in [0.15, 0.2) is 0 Å². The summed E-state index contributed by atoms with van der Waals surface area (Å²) < 4.78 is 4.95. The molecule has 3 atom stereocenters. The minimum Gasteiger partial charge on any atom is -0.393 e. The van der Waals surface area contributed by atoms with E-state index in [1.807, 2.05) is 6.92 Å². The highest BCUT2D eigenvalue weighted by Crippen LogP contribution is 2.23. The average molecular weight is 258 g/mol. The van der Waals surface area contributed by atoms with Crippen molar-refractivity contribution in [1.82, 2.24) is 10.6 Å². The van der Waals surface area contributed by atoms with Crippen LogP contribution in [0.4, 0.5) is 0 Å². The van der Waals surface area contributed by atoms with E-state index in [1.165, 1.54) is 0 Å². The van der Waals surface area contributed by atoms with Crippen LogP contribution < -0.4 is 10.6 Å². The zero-order valence-electron chi connectivity index (χ0n) is 11.4. The summed E-state index contributed by atoms with van der Waals surface area (Å²) in [6.45, 7) is 3.59. The van der Waals surface area contributed by atoms with Crippen LogP contribution in [0.2, 0.25) is 0 Å². The number of nitrogens with one attached hydrogen (secondary N) is 2. The van der Waals surface area contributed by atoms with Crippen LogP contribution in [0, 0.1) is 5.92 Å². The van der Waals surface area contributed by atoms with Crippen LogP contribution in [0.5, 0.6) is 0 Å². The number of ether oxygens (including phenoxy) is 1. The van der Waals surface area contributed by atoms with Gasteiger partial charge in [-0.2, -0.15) is 0 Å². The van der Waals surface area contributed by atoms with Gasteiger partial charge in [-0.05, 0) is 38.6 Å². The molecular weight excluding hydrogens is 232 g/mol. The molecule has 0 heterocycles. The first-order valence-corrected chi connectivity index (χ1v) is 6.79. The predicted octanol–water partition coefficient (Wildman–Crippen LogP) is 0.278. The molecule has 0 aromatic heterocycles. The summed E-state index contributed by atoms with van der Waals surface area (Å²) in [7, 11) is 1.62. The van der Waals surface area contributed by atoms with Crippen molar-refractivity contribution in [3.8, 4) is 0 Å². The summed E-state index contributed by atoms with van der Waals surface area (Å²) >= 11 is 0. The van der Waals surface area contributed by atoms with E-state index >= 15 is 0 Å². The van der Waals surface area contributed by atoms with E-state index < -0.39 is 0 Å². The van der Waals surface area contributed by atoms with Gasteiger partial charge in [0.25, 0.3) is 0 Å². The second kappa shape index (κ2) is 8.45. The molecule has 0 aromatic rings. The lowest BCUT2D eigenvalue weighted by atomic mass is 9.87. The molecule has 1 aliphatic carbocycles. The Bertz CT molecular complexity index is 248. The van der Waals surface area contributed by atoms with Crippen molar-refractivity contribution >= 4 is 5.91 Å². The van der Waals surface area contributed by atoms with Crippen LogP contribution >= 0.6 is 0 Å². The van der Waals surface area contributed by atoms with Gasteiger partial charge < -0.3 is 20.5 Å². The molecule has 18 heavy (non-hydrogen) atoms. The van der Waals surface area contributed by atoms with Crippen molar-refractivity contribution in [3.05, 3.63) is 0 Å². The van der Waals surface area contributed by atoms with Gasteiger partial charge in [-0.25, -0.2) is 0 Å². The van der Waals surface area contributed by atoms with E-state index in [4.69, 9.17) is 4.74 Å². The number of rotatable bonds is 7. The van der Waals surface area contributed by atoms with Crippen LogP contribution in [0.15, 0.2) is 0 Å². The van der Waals surface area contributed by atoms with Crippen LogP contribution in [-0.4, -0.2) is 50.0 Å². The molecule has 1 fully saturated rings. The third-order valence-electron chi connectivity index (χ3n) is 3.30. The Hall–Kier alpha value is -0.650. The molecule has 5 heteroatoms. The third kappa shape index (κ3) is 6.33. The number of methoxy groups -OCH3 is 1. The van der Waals surface area contributed by atoms with Crippen molar-refractivity contribution in [2.24, 2.45) is 5.92 Å². The normalized spacial score (nSPS) is 25.7. The molecule has 0 saturated heterocycles. The van der Waals surface area contributed by atoms with Crippen molar-refractivity contribution in [3.63, 3.8) is 0 Å². The Morgan fingerprint density at radius 3 is 2.94 bits per heavy atom. The Kier molecular flexibility index (Phi) is 7.23. The second-order valence-electron chi connectivity index (χ2n) is 5.24. The number of carbonyl (C=O) groups is 1. The van der Waals surface area contributed by atoms with E-state index in [2.05, 4.69) is 10.6 Å². The van der Waals surface area contributed by atoms with E-state index in [1.54, 1.807) is 7.11 Å². The molecule has 1 saturated carbocycles. The maximum absolute atomic E-state index is 11.6. The Balaban J connectivity index is 2.07. The van der Waals surface area contributed by atoms with Crippen LogP contribution in [0.1, 0.15) is 32.6 Å². The number of carbonyl (C=O) groups excluding carboxylic acids is 1. The molecule has 106 valence electrons. The summed E-state index contributed by atoms with van der Waals surface area (Å²) in [6.07, 6.45) is 3.86. The van der Waals surface area contributed by atoms with Crippen molar-refractivity contribution in [1.29, 1.82) is 0 Å². The zero-order chi connectivity index (χ0) is 13.4. The molecule has 1 amide bonds. The van der Waals surface area contributed by atoms with E-state index in [0.29, 0.717) is 19.1 Å². The molecule has 1 aliphatic rings. The van der Waals surface area contributed by atoms with Crippen LogP contribution in [-0.2, 0) is 9.53 Å². The van der Waals surface area contributed by atoms with E-state index in [9.17, 15) is 9.90 Å². The van der Waals surface area contributed by atoms with Gasteiger partial charge in [0.2, 0.25) is 5.91 Å². The molecule has 1 rings (SSSR count). The Morgan fingerprint density at radius 1 is 1.50 bits per heavy atom. The smallest absolute Gasteiger partial charge is 0.234 e. The van der Waals surface area contributed by atoms with Gasteiger partial charge in [0, 0.05) is 13.2 Å². The molecule has 5 nitrogen and oxygen atoms in total. The third-order valence-corrected chi connectivity index (χ3v) is 3.30. The predicted molar refractivity (Wildman–Crippen MR) is 70.3 cm³/mol. The summed E-state index contributed by atoms with van der Waals surface area (Å²) in [5.74, 6) is 0.494. The van der Waals surface area contributed by atoms with E-state index in [0.717, 1.165) is 32.2 Å². The SMILES string of the molecule is COCC(C)NC(=O)CNCC1CCCC(O)C1. The standard InChI is InChI=1S/C13H26N2O3/c1-10(9-18-2)15-13(17)8-14-7-11-4-3-5-12(16)6-11/h10-12,14,16H,3-9H2,1-2H3,(H,15,17). The number of aliphatic hydroxyl groups excluding tert-OH is 1. The quantitative estimate of drug-likeness (QED) is 0.613. The van der Waals surface area contributed by atoms with Crippen LogP contribution in [0.25, 0.3) is 0 Å². The first-order valence-electron chi connectivity index (χ1n) is 6.79. The van der Waals surface area contributed by atoms with Gasteiger partial charge in [0.1, 0.15) is 0 Å². The van der Waals surface area contributed by atoms with Gasteiger partial charge in [-0.15, -0.1) is 0 Å².